The number of hydrogen-bond acceptors (Lipinski definition) is 2. The molecule has 1 atom stereocenters. The Morgan fingerprint density at radius 2 is 2.00 bits per heavy atom. The van der Waals surface area contributed by atoms with Gasteiger partial charge in [-0.05, 0) is 6.92 Å². The van der Waals surface area contributed by atoms with Crippen molar-refractivity contribution < 1.29 is 5.11 Å². The minimum absolute atomic E-state index is 0. The van der Waals surface area contributed by atoms with Crippen LogP contribution in [0.5, 0.6) is 0 Å². The Morgan fingerprint density at radius 1 is 1.86 bits per heavy atom. The fraction of sp³-hybridized carbons (Fsp3) is 0.667. The zero-order valence-electron chi connectivity index (χ0n) is 4.01. The average molecular weight is 125 g/mol. The highest BCUT2D eigenvalue weighted by Gasteiger charge is 1.93. The van der Waals surface area contributed by atoms with E-state index in [1.165, 1.54) is 6.92 Å². The van der Waals surface area contributed by atoms with E-state index in [-0.39, 0.29) is 18.2 Å². The SMILES string of the molecule is CC(O)C(=N)N.Cl. The fourth-order valence-electron chi connectivity index (χ4n) is 0. The van der Waals surface area contributed by atoms with Gasteiger partial charge in [-0.1, -0.05) is 0 Å². The third-order valence-corrected chi connectivity index (χ3v) is 0.450. The van der Waals surface area contributed by atoms with Gasteiger partial charge in [0.15, 0.2) is 0 Å². The monoisotopic (exact) mass is 124 g/mol. The molecule has 1 unspecified atom stereocenters. The minimum Gasteiger partial charge on any atom is -0.386 e. The van der Waals surface area contributed by atoms with Crippen LogP contribution in [0.25, 0.3) is 0 Å². The molecule has 0 aliphatic rings. The Bertz CT molecular complexity index is 64.0. The molecule has 0 amide bonds. The Morgan fingerprint density at radius 3 is 2.00 bits per heavy atom. The molecule has 4 heteroatoms. The number of halogens is 1. The second kappa shape index (κ2) is 3.89. The van der Waals surface area contributed by atoms with E-state index in [2.05, 4.69) is 0 Å². The zero-order valence-corrected chi connectivity index (χ0v) is 4.83. The topological polar surface area (TPSA) is 70.1 Å². The van der Waals surface area contributed by atoms with E-state index in [9.17, 15) is 0 Å². The van der Waals surface area contributed by atoms with Crippen molar-refractivity contribution in [2.75, 3.05) is 0 Å². The van der Waals surface area contributed by atoms with E-state index in [0.29, 0.717) is 0 Å². The molecule has 0 saturated heterocycles. The number of amidine groups is 1. The van der Waals surface area contributed by atoms with Gasteiger partial charge >= 0.3 is 0 Å². The van der Waals surface area contributed by atoms with E-state index in [1.54, 1.807) is 0 Å². The van der Waals surface area contributed by atoms with Crippen LogP contribution >= 0.6 is 12.4 Å². The third kappa shape index (κ3) is 5.72. The number of aliphatic hydroxyl groups excluding tert-OH is 1. The van der Waals surface area contributed by atoms with Gasteiger partial charge in [-0.15, -0.1) is 12.4 Å². The van der Waals surface area contributed by atoms with Crippen LogP contribution in [0.4, 0.5) is 0 Å². The summed E-state index contributed by atoms with van der Waals surface area (Å²) in [6.45, 7) is 1.45. The Kier molecular flexibility index (Phi) is 5.49. The summed E-state index contributed by atoms with van der Waals surface area (Å²) in [4.78, 5) is 0. The van der Waals surface area contributed by atoms with Crippen molar-refractivity contribution in [2.24, 2.45) is 5.73 Å². The highest BCUT2D eigenvalue weighted by molar-refractivity contribution is 5.85. The minimum atomic E-state index is -0.787. The van der Waals surface area contributed by atoms with E-state index < -0.39 is 6.10 Å². The lowest BCUT2D eigenvalue weighted by molar-refractivity contribution is 0.260. The van der Waals surface area contributed by atoms with Crippen molar-refractivity contribution >= 4 is 18.2 Å². The van der Waals surface area contributed by atoms with Crippen LogP contribution in [0.15, 0.2) is 0 Å². The molecule has 0 aliphatic carbocycles. The van der Waals surface area contributed by atoms with Crippen molar-refractivity contribution in [2.45, 2.75) is 13.0 Å². The van der Waals surface area contributed by atoms with Gasteiger partial charge in [0, 0.05) is 0 Å². The lowest BCUT2D eigenvalue weighted by Gasteiger charge is -1.94. The van der Waals surface area contributed by atoms with Crippen molar-refractivity contribution in [1.82, 2.24) is 0 Å². The van der Waals surface area contributed by atoms with Crippen molar-refractivity contribution in [1.29, 1.82) is 5.41 Å². The molecule has 0 spiro atoms. The molecule has 0 aliphatic heterocycles. The van der Waals surface area contributed by atoms with Crippen molar-refractivity contribution in [3.05, 3.63) is 0 Å². The van der Waals surface area contributed by atoms with Gasteiger partial charge in [-0.3, -0.25) is 5.41 Å². The molecule has 0 aromatic heterocycles. The summed E-state index contributed by atoms with van der Waals surface area (Å²) in [7, 11) is 0. The summed E-state index contributed by atoms with van der Waals surface area (Å²) in [5.41, 5.74) is 4.77. The number of hydrogen-bond donors (Lipinski definition) is 3. The van der Waals surface area contributed by atoms with Gasteiger partial charge in [0.05, 0.1) is 0 Å². The van der Waals surface area contributed by atoms with Crippen LogP contribution in [-0.4, -0.2) is 17.0 Å². The summed E-state index contributed by atoms with van der Waals surface area (Å²) in [5, 5.41) is 14.8. The van der Waals surface area contributed by atoms with Gasteiger partial charge in [-0.25, -0.2) is 0 Å². The van der Waals surface area contributed by atoms with Crippen LogP contribution < -0.4 is 5.73 Å². The quantitative estimate of drug-likeness (QED) is 0.333. The van der Waals surface area contributed by atoms with Gasteiger partial charge in [0.25, 0.3) is 0 Å². The molecule has 44 valence electrons. The van der Waals surface area contributed by atoms with E-state index in [1.807, 2.05) is 0 Å². The van der Waals surface area contributed by atoms with Crippen molar-refractivity contribution in [3.8, 4) is 0 Å². The van der Waals surface area contributed by atoms with Crippen LogP contribution in [0.1, 0.15) is 6.92 Å². The van der Waals surface area contributed by atoms with Crippen molar-refractivity contribution in [3.63, 3.8) is 0 Å². The third-order valence-electron chi connectivity index (χ3n) is 0.450. The molecule has 0 aromatic rings. The highest BCUT2D eigenvalue weighted by atomic mass is 35.5. The summed E-state index contributed by atoms with van der Waals surface area (Å²) >= 11 is 0. The highest BCUT2D eigenvalue weighted by Crippen LogP contribution is 1.71. The second-order valence-corrected chi connectivity index (χ2v) is 1.13. The van der Waals surface area contributed by atoms with Gasteiger partial charge in [0.2, 0.25) is 0 Å². The number of aliphatic hydroxyl groups is 1. The maximum atomic E-state index is 8.28. The second-order valence-electron chi connectivity index (χ2n) is 1.13. The fourth-order valence-corrected chi connectivity index (χ4v) is 0. The number of rotatable bonds is 1. The predicted octanol–water partition coefficient (Wildman–Crippen LogP) is -0.275. The normalized spacial score (nSPS) is 11.7. The molecule has 0 bridgehead atoms. The lowest BCUT2D eigenvalue weighted by atomic mass is 10.4. The molecule has 3 nitrogen and oxygen atoms in total. The predicted molar refractivity (Wildman–Crippen MR) is 30.8 cm³/mol. The summed E-state index contributed by atoms with van der Waals surface area (Å²) in [6.07, 6.45) is -0.787. The van der Waals surface area contributed by atoms with Crippen LogP contribution in [0, 0.1) is 5.41 Å². The van der Waals surface area contributed by atoms with E-state index >= 15 is 0 Å². The molecular weight excluding hydrogens is 115 g/mol. The smallest absolute Gasteiger partial charge is 0.120 e. The zero-order chi connectivity index (χ0) is 5.15. The Labute approximate surface area is 48.4 Å². The van der Waals surface area contributed by atoms with E-state index in [0.717, 1.165) is 0 Å². The number of nitrogens with two attached hydrogens (primary N) is 1. The molecule has 7 heavy (non-hydrogen) atoms. The standard InChI is InChI=1S/C3H8N2O.ClH/c1-2(6)3(4)5;/h2,6H,1H3,(H3,4,5);1H. The van der Waals surface area contributed by atoms with Gasteiger partial charge < -0.3 is 10.8 Å². The Balaban J connectivity index is 0. The first-order chi connectivity index (χ1) is 2.64. The molecule has 0 heterocycles. The first-order valence-electron chi connectivity index (χ1n) is 1.66. The van der Waals surface area contributed by atoms with Crippen LogP contribution in [0.3, 0.4) is 0 Å². The Hall–Kier alpha value is -0.280. The maximum Gasteiger partial charge on any atom is 0.120 e. The van der Waals surface area contributed by atoms with Gasteiger partial charge in [-0.2, -0.15) is 0 Å². The molecule has 0 fully saturated rings. The number of nitrogens with one attached hydrogen (secondary N) is 1. The molecular formula is C3H9ClN2O. The summed E-state index contributed by atoms with van der Waals surface area (Å²) in [5.74, 6) is -0.185. The first-order valence-corrected chi connectivity index (χ1v) is 1.66. The first kappa shape index (κ1) is 9.87. The van der Waals surface area contributed by atoms with Crippen LogP contribution in [0.2, 0.25) is 0 Å². The molecule has 4 N–H and O–H groups in total. The molecule has 0 rings (SSSR count). The molecule has 0 saturated carbocycles. The summed E-state index contributed by atoms with van der Waals surface area (Å²) in [6, 6.07) is 0. The molecule has 0 radical (unpaired) electrons. The maximum absolute atomic E-state index is 8.28. The molecule has 0 aromatic carbocycles. The van der Waals surface area contributed by atoms with E-state index in [4.69, 9.17) is 16.2 Å². The average Bonchev–Trinajstić information content (AvgIpc) is 1.36. The van der Waals surface area contributed by atoms with Gasteiger partial charge in [0.1, 0.15) is 11.9 Å². The van der Waals surface area contributed by atoms with Crippen LogP contribution in [-0.2, 0) is 0 Å². The lowest BCUT2D eigenvalue weighted by Crippen LogP contribution is -2.23. The summed E-state index contributed by atoms with van der Waals surface area (Å²) < 4.78 is 0. The largest absolute Gasteiger partial charge is 0.386 e.